The lowest BCUT2D eigenvalue weighted by molar-refractivity contribution is 0.127. The molecular weight excluding hydrogens is 398 g/mol. The van der Waals surface area contributed by atoms with Crippen molar-refractivity contribution in [3.05, 3.63) is 47.6 Å². The van der Waals surface area contributed by atoms with Crippen LogP contribution in [0, 0.1) is 29.1 Å². The molecule has 0 spiro atoms. The van der Waals surface area contributed by atoms with Crippen molar-refractivity contribution in [3.63, 3.8) is 0 Å². The highest BCUT2D eigenvalue weighted by molar-refractivity contribution is 5.37. The van der Waals surface area contributed by atoms with Crippen LogP contribution in [-0.4, -0.2) is 25.5 Å². The summed E-state index contributed by atoms with van der Waals surface area (Å²) in [5.41, 5.74) is 6.61. The van der Waals surface area contributed by atoms with Gasteiger partial charge >= 0.3 is 0 Å². The zero-order valence-electron chi connectivity index (χ0n) is 22.7. The molecule has 186 valence electrons. The number of allylic oxidation sites excluding steroid dienone is 5. The van der Waals surface area contributed by atoms with E-state index >= 15 is 0 Å². The lowest BCUT2D eigenvalue weighted by Gasteiger charge is -2.42. The molecule has 0 amide bonds. The number of hydrogen-bond acceptors (Lipinski definition) is 1. The Kier molecular flexibility index (Phi) is 9.69. The van der Waals surface area contributed by atoms with Gasteiger partial charge in [-0.25, -0.2) is 0 Å². The predicted octanol–water partition coefficient (Wildman–Crippen LogP) is 9.14. The largest absolute Gasteiger partial charge is 0.309 e. The van der Waals surface area contributed by atoms with Crippen molar-refractivity contribution >= 4 is 0 Å². The van der Waals surface area contributed by atoms with E-state index in [0.717, 1.165) is 43.6 Å². The zero-order chi connectivity index (χ0) is 24.0. The van der Waals surface area contributed by atoms with Gasteiger partial charge in [-0.1, -0.05) is 82.1 Å². The summed E-state index contributed by atoms with van der Waals surface area (Å²) in [6.07, 6.45) is 22.4. The SMILES string of the molecule is C=C1CCC(C(=C)CCN(C)C)C/C1=C\C=C1/CCCC2(C)C(CCCCC(C)C)CCC12. The van der Waals surface area contributed by atoms with Gasteiger partial charge in [-0.3, -0.25) is 0 Å². The summed E-state index contributed by atoms with van der Waals surface area (Å²) in [5.74, 6) is 3.26. The van der Waals surface area contributed by atoms with Crippen LogP contribution in [0.15, 0.2) is 47.6 Å². The average Bonchev–Trinajstić information content (AvgIpc) is 3.11. The number of rotatable bonds is 10. The third kappa shape index (κ3) is 6.97. The van der Waals surface area contributed by atoms with Crippen molar-refractivity contribution < 1.29 is 0 Å². The molecule has 3 fully saturated rings. The van der Waals surface area contributed by atoms with E-state index in [-0.39, 0.29) is 0 Å². The van der Waals surface area contributed by atoms with Crippen molar-refractivity contribution in [2.75, 3.05) is 20.6 Å². The minimum absolute atomic E-state index is 0.549. The molecule has 3 aliphatic carbocycles. The monoisotopic (exact) mass is 451 g/mol. The minimum atomic E-state index is 0.549. The standard InChI is InChI=1S/C32H53N/c1-24(2)11-8-9-13-30-18-19-31-27(12-10-21-32(30,31)5)16-17-29-23-28(15-14-25(29)3)26(4)20-22-33(6)7/h16-17,24,28,30-31H,3-4,8-15,18-23H2,1-2,5-7H3/b27-16+,29-17+. The molecule has 3 saturated carbocycles. The third-order valence-electron chi connectivity index (χ3n) is 9.42. The van der Waals surface area contributed by atoms with Crippen LogP contribution < -0.4 is 0 Å². The molecule has 0 aromatic rings. The summed E-state index contributed by atoms with van der Waals surface area (Å²) in [7, 11) is 4.31. The van der Waals surface area contributed by atoms with E-state index in [1.807, 2.05) is 0 Å². The molecule has 33 heavy (non-hydrogen) atoms. The van der Waals surface area contributed by atoms with Crippen molar-refractivity contribution in [2.24, 2.45) is 29.1 Å². The van der Waals surface area contributed by atoms with Crippen LogP contribution >= 0.6 is 0 Å². The lowest BCUT2D eigenvalue weighted by atomic mass is 9.62. The molecule has 1 nitrogen and oxygen atoms in total. The molecule has 0 bridgehead atoms. The molecule has 1 heteroatoms. The van der Waals surface area contributed by atoms with Crippen molar-refractivity contribution in [2.45, 2.75) is 104 Å². The van der Waals surface area contributed by atoms with Gasteiger partial charge in [0.05, 0.1) is 0 Å². The first-order valence-electron chi connectivity index (χ1n) is 14.1. The number of unbranched alkanes of at least 4 members (excludes halogenated alkanes) is 1. The van der Waals surface area contributed by atoms with Gasteiger partial charge in [-0.15, -0.1) is 0 Å². The van der Waals surface area contributed by atoms with Crippen molar-refractivity contribution in [1.82, 2.24) is 4.90 Å². The Morgan fingerprint density at radius 3 is 2.64 bits per heavy atom. The van der Waals surface area contributed by atoms with Crippen LogP contribution in [0.5, 0.6) is 0 Å². The molecule has 4 atom stereocenters. The molecule has 0 aliphatic heterocycles. The van der Waals surface area contributed by atoms with Crippen molar-refractivity contribution in [3.8, 4) is 0 Å². The highest BCUT2D eigenvalue weighted by atomic mass is 15.0. The second-order valence-corrected chi connectivity index (χ2v) is 12.6. The smallest absolute Gasteiger partial charge is 0.00125 e. The first-order valence-corrected chi connectivity index (χ1v) is 14.1. The minimum Gasteiger partial charge on any atom is -0.309 e. The Labute approximate surface area is 206 Å². The fraction of sp³-hybridized carbons (Fsp3) is 0.750. The number of nitrogens with zero attached hydrogens (tertiary/aromatic N) is 1. The second-order valence-electron chi connectivity index (χ2n) is 12.6. The van der Waals surface area contributed by atoms with E-state index in [2.05, 4.69) is 65.1 Å². The summed E-state index contributed by atoms with van der Waals surface area (Å²) in [6.45, 7) is 17.4. The first kappa shape index (κ1) is 26.5. The van der Waals surface area contributed by atoms with E-state index < -0.39 is 0 Å². The second kappa shape index (κ2) is 12.1. The van der Waals surface area contributed by atoms with Crippen LogP contribution in [0.25, 0.3) is 0 Å². The Balaban J connectivity index is 1.63. The zero-order valence-corrected chi connectivity index (χ0v) is 22.7. The molecule has 3 rings (SSSR count). The quantitative estimate of drug-likeness (QED) is 0.236. The fourth-order valence-corrected chi connectivity index (χ4v) is 7.10. The number of hydrogen-bond donors (Lipinski definition) is 0. The molecule has 4 unspecified atom stereocenters. The van der Waals surface area contributed by atoms with E-state index in [1.165, 1.54) is 80.9 Å². The van der Waals surface area contributed by atoms with Gasteiger partial charge in [-0.2, -0.15) is 0 Å². The summed E-state index contributed by atoms with van der Waals surface area (Å²) in [4.78, 5) is 2.27. The summed E-state index contributed by atoms with van der Waals surface area (Å²) in [5, 5.41) is 0. The Morgan fingerprint density at radius 2 is 1.91 bits per heavy atom. The van der Waals surface area contributed by atoms with Crippen LogP contribution in [0.3, 0.4) is 0 Å². The van der Waals surface area contributed by atoms with Crippen LogP contribution in [-0.2, 0) is 0 Å². The molecule has 3 aliphatic rings. The van der Waals surface area contributed by atoms with Crippen molar-refractivity contribution in [1.29, 1.82) is 0 Å². The third-order valence-corrected chi connectivity index (χ3v) is 9.42. The molecule has 0 radical (unpaired) electrons. The average molecular weight is 452 g/mol. The van der Waals surface area contributed by atoms with Gasteiger partial charge < -0.3 is 4.90 Å². The topological polar surface area (TPSA) is 3.24 Å². The Bertz CT molecular complexity index is 736. The highest BCUT2D eigenvalue weighted by Gasteiger charge is 2.48. The van der Waals surface area contributed by atoms with Crippen LogP contribution in [0.4, 0.5) is 0 Å². The number of fused-ring (bicyclic) bond motifs is 1. The molecule has 0 heterocycles. The molecule has 0 saturated heterocycles. The summed E-state index contributed by atoms with van der Waals surface area (Å²) >= 11 is 0. The van der Waals surface area contributed by atoms with E-state index in [1.54, 1.807) is 5.57 Å². The normalized spacial score (nSPS) is 32.8. The van der Waals surface area contributed by atoms with E-state index in [0.29, 0.717) is 11.3 Å². The summed E-state index contributed by atoms with van der Waals surface area (Å²) in [6, 6.07) is 0. The van der Waals surface area contributed by atoms with Gasteiger partial charge in [0.15, 0.2) is 0 Å². The molecule has 0 aromatic carbocycles. The van der Waals surface area contributed by atoms with Gasteiger partial charge in [0.25, 0.3) is 0 Å². The highest BCUT2D eigenvalue weighted by Crippen LogP contribution is 2.58. The molecule has 0 N–H and O–H groups in total. The molecule has 0 aromatic heterocycles. The Hall–Kier alpha value is -1.08. The van der Waals surface area contributed by atoms with Gasteiger partial charge in [-0.05, 0) is 113 Å². The first-order chi connectivity index (χ1) is 15.7. The maximum absolute atomic E-state index is 4.46. The lowest BCUT2D eigenvalue weighted by Crippen LogP contribution is -2.33. The van der Waals surface area contributed by atoms with Gasteiger partial charge in [0.1, 0.15) is 0 Å². The fourth-order valence-electron chi connectivity index (χ4n) is 7.10. The summed E-state index contributed by atoms with van der Waals surface area (Å²) < 4.78 is 0. The molecular formula is C32H53N. The van der Waals surface area contributed by atoms with Crippen LogP contribution in [0.2, 0.25) is 0 Å². The maximum Gasteiger partial charge on any atom is 0.00125 e. The van der Waals surface area contributed by atoms with Gasteiger partial charge in [0, 0.05) is 6.54 Å². The Morgan fingerprint density at radius 1 is 1.12 bits per heavy atom. The van der Waals surface area contributed by atoms with E-state index in [9.17, 15) is 0 Å². The predicted molar refractivity (Wildman–Crippen MR) is 146 cm³/mol. The van der Waals surface area contributed by atoms with Gasteiger partial charge in [0.2, 0.25) is 0 Å². The maximum atomic E-state index is 4.46. The van der Waals surface area contributed by atoms with Crippen LogP contribution in [0.1, 0.15) is 104 Å². The van der Waals surface area contributed by atoms with E-state index in [4.69, 9.17) is 0 Å².